The summed E-state index contributed by atoms with van der Waals surface area (Å²) in [5.41, 5.74) is 1.92. The number of hydrogen-bond acceptors (Lipinski definition) is 3. The highest BCUT2D eigenvalue weighted by Crippen LogP contribution is 2.31. The van der Waals surface area contributed by atoms with Crippen molar-refractivity contribution in [3.8, 4) is 0 Å². The number of rotatable bonds is 4. The van der Waals surface area contributed by atoms with Crippen LogP contribution in [-0.4, -0.2) is 40.9 Å². The molecular formula is C20H26N2O4. The lowest BCUT2D eigenvalue weighted by molar-refractivity contribution is -0.143. The minimum Gasteiger partial charge on any atom is -0.481 e. The molecule has 2 N–H and O–H groups in total. The van der Waals surface area contributed by atoms with Gasteiger partial charge in [0.2, 0.25) is 5.91 Å². The molecule has 2 amide bonds. The van der Waals surface area contributed by atoms with Gasteiger partial charge in [-0.15, -0.1) is 0 Å². The van der Waals surface area contributed by atoms with Crippen molar-refractivity contribution in [3.05, 3.63) is 29.3 Å². The molecule has 1 aromatic rings. The van der Waals surface area contributed by atoms with Crippen LogP contribution in [0.2, 0.25) is 0 Å². The number of nitrogens with one attached hydrogen (secondary N) is 1. The number of carboxylic acid groups (broad SMARTS) is 1. The normalized spacial score (nSPS) is 22.9. The molecule has 6 heteroatoms. The number of amides is 2. The van der Waals surface area contributed by atoms with Crippen molar-refractivity contribution < 1.29 is 19.5 Å². The first-order valence-corrected chi connectivity index (χ1v) is 9.40. The van der Waals surface area contributed by atoms with Gasteiger partial charge in [-0.05, 0) is 50.7 Å². The van der Waals surface area contributed by atoms with Crippen molar-refractivity contribution in [2.24, 2.45) is 11.8 Å². The number of nitrogens with zero attached hydrogens (tertiary/aromatic N) is 1. The topological polar surface area (TPSA) is 86.7 Å². The molecule has 1 aromatic carbocycles. The highest BCUT2D eigenvalue weighted by atomic mass is 16.4. The highest BCUT2D eigenvalue weighted by molar-refractivity contribution is 6.05. The molecule has 2 fully saturated rings. The van der Waals surface area contributed by atoms with Crippen molar-refractivity contribution >= 4 is 23.5 Å². The average Bonchev–Trinajstić information content (AvgIpc) is 3.16. The average molecular weight is 358 g/mol. The summed E-state index contributed by atoms with van der Waals surface area (Å²) in [7, 11) is 0. The molecule has 2 unspecified atom stereocenters. The summed E-state index contributed by atoms with van der Waals surface area (Å²) in [6.45, 7) is 3.38. The quantitative estimate of drug-likeness (QED) is 0.866. The van der Waals surface area contributed by atoms with E-state index in [1.54, 1.807) is 6.07 Å². The standard InChI is InChI=1S/C20H26N2O4/c1-13-6-4-9-16(17(13)19(24)22-10-2-3-11-22)21-18(23)14-7-5-8-15(12-14)20(25)26/h4,6,9,14-15H,2-3,5,7-8,10-12H2,1H3,(H,21,23)(H,25,26). The van der Waals surface area contributed by atoms with Crippen LogP contribution in [-0.2, 0) is 9.59 Å². The number of benzene rings is 1. The van der Waals surface area contributed by atoms with E-state index in [2.05, 4.69) is 5.32 Å². The van der Waals surface area contributed by atoms with Crippen LogP contribution in [0.4, 0.5) is 5.69 Å². The number of hydrogen-bond donors (Lipinski definition) is 2. The summed E-state index contributed by atoms with van der Waals surface area (Å²) in [5, 5.41) is 12.1. The number of aliphatic carboxylic acids is 1. The molecular weight excluding hydrogens is 332 g/mol. The van der Waals surface area contributed by atoms with E-state index in [0.717, 1.165) is 37.9 Å². The first-order valence-electron chi connectivity index (χ1n) is 9.40. The van der Waals surface area contributed by atoms with Crippen LogP contribution < -0.4 is 5.32 Å². The van der Waals surface area contributed by atoms with Gasteiger partial charge in [0.05, 0.1) is 17.2 Å². The largest absolute Gasteiger partial charge is 0.481 e. The predicted octanol–water partition coefficient (Wildman–Crippen LogP) is 3.06. The zero-order valence-electron chi connectivity index (χ0n) is 15.2. The van der Waals surface area contributed by atoms with E-state index in [0.29, 0.717) is 30.5 Å². The molecule has 2 atom stereocenters. The van der Waals surface area contributed by atoms with Crippen molar-refractivity contribution in [3.63, 3.8) is 0 Å². The summed E-state index contributed by atoms with van der Waals surface area (Å²) < 4.78 is 0. The van der Waals surface area contributed by atoms with Crippen LogP contribution in [0.5, 0.6) is 0 Å². The third kappa shape index (κ3) is 3.89. The molecule has 0 aromatic heterocycles. The monoisotopic (exact) mass is 358 g/mol. The third-order valence-corrected chi connectivity index (χ3v) is 5.53. The van der Waals surface area contributed by atoms with Gasteiger partial charge >= 0.3 is 5.97 Å². The number of aryl methyl sites for hydroxylation is 1. The minimum atomic E-state index is -0.831. The summed E-state index contributed by atoms with van der Waals surface area (Å²) in [6, 6.07) is 5.46. The van der Waals surface area contributed by atoms with E-state index >= 15 is 0 Å². The smallest absolute Gasteiger partial charge is 0.306 e. The van der Waals surface area contributed by atoms with E-state index in [9.17, 15) is 19.5 Å². The first-order chi connectivity index (χ1) is 12.5. The van der Waals surface area contributed by atoms with Gasteiger partial charge in [-0.3, -0.25) is 14.4 Å². The van der Waals surface area contributed by atoms with Crippen LogP contribution in [0.25, 0.3) is 0 Å². The Morgan fingerprint density at radius 1 is 1.08 bits per heavy atom. The van der Waals surface area contributed by atoms with Crippen LogP contribution in [0.1, 0.15) is 54.4 Å². The van der Waals surface area contributed by atoms with Gasteiger partial charge in [0, 0.05) is 19.0 Å². The van der Waals surface area contributed by atoms with Gasteiger partial charge in [0.15, 0.2) is 0 Å². The molecule has 26 heavy (non-hydrogen) atoms. The lowest BCUT2D eigenvalue weighted by Gasteiger charge is -2.26. The fourth-order valence-electron chi connectivity index (χ4n) is 4.02. The van der Waals surface area contributed by atoms with Crippen molar-refractivity contribution in [2.75, 3.05) is 18.4 Å². The molecule has 1 aliphatic heterocycles. The highest BCUT2D eigenvalue weighted by Gasteiger charge is 2.32. The second kappa shape index (κ2) is 7.89. The number of carbonyl (C=O) groups excluding carboxylic acids is 2. The maximum Gasteiger partial charge on any atom is 0.306 e. The van der Waals surface area contributed by atoms with Crippen molar-refractivity contribution in [1.82, 2.24) is 4.90 Å². The third-order valence-electron chi connectivity index (χ3n) is 5.53. The molecule has 1 saturated carbocycles. The Labute approximate surface area is 153 Å². The van der Waals surface area contributed by atoms with E-state index in [4.69, 9.17) is 0 Å². The zero-order chi connectivity index (χ0) is 18.7. The molecule has 1 saturated heterocycles. The molecule has 1 heterocycles. The Balaban J connectivity index is 1.77. The maximum atomic E-state index is 12.9. The van der Waals surface area contributed by atoms with Crippen LogP contribution in [0.15, 0.2) is 18.2 Å². The SMILES string of the molecule is Cc1cccc(NC(=O)C2CCCC(C(=O)O)C2)c1C(=O)N1CCCC1. The van der Waals surface area contributed by atoms with E-state index < -0.39 is 11.9 Å². The second-order valence-corrected chi connectivity index (χ2v) is 7.38. The molecule has 0 radical (unpaired) electrons. The summed E-state index contributed by atoms with van der Waals surface area (Å²) >= 11 is 0. The van der Waals surface area contributed by atoms with Crippen molar-refractivity contribution in [1.29, 1.82) is 0 Å². The Kier molecular flexibility index (Phi) is 5.59. The molecule has 3 rings (SSSR count). The molecule has 140 valence electrons. The van der Waals surface area contributed by atoms with E-state index in [1.165, 1.54) is 0 Å². The van der Waals surface area contributed by atoms with Gasteiger partial charge in [-0.2, -0.15) is 0 Å². The maximum absolute atomic E-state index is 12.9. The van der Waals surface area contributed by atoms with Gasteiger partial charge in [-0.1, -0.05) is 18.6 Å². The van der Waals surface area contributed by atoms with Gasteiger partial charge in [0.25, 0.3) is 5.91 Å². The number of likely N-dealkylation sites (tertiary alicyclic amines) is 1. The summed E-state index contributed by atoms with van der Waals surface area (Å²) in [4.78, 5) is 38.7. The molecule has 1 aliphatic carbocycles. The van der Waals surface area contributed by atoms with Crippen LogP contribution >= 0.6 is 0 Å². The Morgan fingerprint density at radius 2 is 1.77 bits per heavy atom. The second-order valence-electron chi connectivity index (χ2n) is 7.38. The number of anilines is 1. The first kappa shape index (κ1) is 18.4. The van der Waals surface area contributed by atoms with Crippen molar-refractivity contribution in [2.45, 2.75) is 45.4 Å². The Hall–Kier alpha value is -2.37. The van der Waals surface area contributed by atoms with E-state index in [1.807, 2.05) is 24.0 Å². The lowest BCUT2D eigenvalue weighted by atomic mass is 9.81. The summed E-state index contributed by atoms with van der Waals surface area (Å²) in [6.07, 6.45) is 4.44. The lowest BCUT2D eigenvalue weighted by Crippen LogP contribution is -2.33. The van der Waals surface area contributed by atoms with Gasteiger partial charge in [0.1, 0.15) is 0 Å². The van der Waals surface area contributed by atoms with Crippen LogP contribution in [0, 0.1) is 18.8 Å². The minimum absolute atomic E-state index is 0.0389. The van der Waals surface area contributed by atoms with Crippen LogP contribution in [0.3, 0.4) is 0 Å². The predicted molar refractivity (Wildman–Crippen MR) is 98.0 cm³/mol. The van der Waals surface area contributed by atoms with Gasteiger partial charge < -0.3 is 15.3 Å². The van der Waals surface area contributed by atoms with E-state index in [-0.39, 0.29) is 17.7 Å². The number of carbonyl (C=O) groups is 3. The fraction of sp³-hybridized carbons (Fsp3) is 0.550. The Morgan fingerprint density at radius 3 is 2.46 bits per heavy atom. The molecule has 6 nitrogen and oxygen atoms in total. The Bertz CT molecular complexity index is 710. The zero-order valence-corrected chi connectivity index (χ0v) is 15.2. The van der Waals surface area contributed by atoms with Gasteiger partial charge in [-0.25, -0.2) is 0 Å². The number of carboxylic acids is 1. The molecule has 2 aliphatic rings. The molecule has 0 spiro atoms. The fourth-order valence-corrected chi connectivity index (χ4v) is 4.02. The summed E-state index contributed by atoms with van der Waals surface area (Å²) in [5.74, 6) is -1.83. The molecule has 0 bridgehead atoms.